The van der Waals surface area contributed by atoms with Crippen LogP contribution in [0.5, 0.6) is 0 Å². The lowest BCUT2D eigenvalue weighted by Crippen LogP contribution is -2.24. The normalized spacial score (nSPS) is 11.3. The van der Waals surface area contributed by atoms with E-state index in [-0.39, 0.29) is 22.0 Å². The third-order valence-corrected chi connectivity index (χ3v) is 5.19. The Balaban J connectivity index is 2.27. The van der Waals surface area contributed by atoms with Crippen molar-refractivity contribution in [1.29, 1.82) is 0 Å². The van der Waals surface area contributed by atoms with Crippen LogP contribution in [-0.2, 0) is 11.2 Å². The second-order valence-electron chi connectivity index (χ2n) is 6.16. The molecule has 2 aromatic carbocycles. The smallest absolute Gasteiger partial charge is 0.267 e. The van der Waals surface area contributed by atoms with Gasteiger partial charge in [0.05, 0.1) is 16.6 Å². The number of hydrogen-bond acceptors (Lipinski definition) is 4. The number of fused-ring (bicyclic) bond motifs is 1. The lowest BCUT2D eigenvalue weighted by Gasteiger charge is -2.14. The maximum atomic E-state index is 14.4. The second-order valence-corrected chi connectivity index (χ2v) is 7.01. The minimum Gasteiger partial charge on any atom is -0.288 e. The van der Waals surface area contributed by atoms with Gasteiger partial charge in [-0.2, -0.15) is 0 Å². The van der Waals surface area contributed by atoms with Crippen LogP contribution in [0.2, 0.25) is 0 Å². The molecule has 0 bridgehead atoms. The molecule has 0 saturated heterocycles. The van der Waals surface area contributed by atoms with Crippen LogP contribution in [0.25, 0.3) is 22.7 Å². The van der Waals surface area contributed by atoms with Gasteiger partial charge in [0.15, 0.2) is 0 Å². The molecule has 0 unspecified atom stereocenters. The van der Waals surface area contributed by atoms with Crippen LogP contribution in [0.3, 0.4) is 0 Å². The molecule has 3 aromatic rings. The van der Waals surface area contributed by atoms with Gasteiger partial charge in [0.25, 0.3) is 11.5 Å². The third-order valence-electron chi connectivity index (χ3n) is 4.30. The van der Waals surface area contributed by atoms with Crippen molar-refractivity contribution in [1.82, 2.24) is 15.0 Å². The van der Waals surface area contributed by atoms with Crippen molar-refractivity contribution in [2.45, 2.75) is 20.3 Å². The average molecular weight is 446 g/mol. The number of carbonyl (C=O) groups excluding carboxylic acids is 1. The van der Waals surface area contributed by atoms with Crippen molar-refractivity contribution in [3.8, 4) is 5.69 Å². The fraction of sp³-hybridized carbons (Fsp3) is 0.150. The number of amides is 1. The molecule has 144 valence electrons. The van der Waals surface area contributed by atoms with Gasteiger partial charge >= 0.3 is 0 Å². The number of nitrogens with one attached hydrogen (secondary N) is 1. The van der Waals surface area contributed by atoms with E-state index < -0.39 is 11.7 Å². The molecule has 0 saturated carbocycles. The number of hydroxylamine groups is 1. The van der Waals surface area contributed by atoms with Gasteiger partial charge in [-0.25, -0.2) is 14.9 Å². The summed E-state index contributed by atoms with van der Waals surface area (Å²) in [6, 6.07) is 8.05. The summed E-state index contributed by atoms with van der Waals surface area (Å²) in [6.45, 7) is 3.79. The van der Waals surface area contributed by atoms with Gasteiger partial charge in [-0.05, 0) is 42.8 Å². The summed E-state index contributed by atoms with van der Waals surface area (Å²) < 4.78 is 16.8. The van der Waals surface area contributed by atoms with E-state index in [2.05, 4.69) is 20.9 Å². The Morgan fingerprint density at radius 1 is 1.36 bits per heavy atom. The molecule has 0 fully saturated rings. The number of aromatic nitrogens is 2. The summed E-state index contributed by atoms with van der Waals surface area (Å²) in [5, 5.41) is 8.77. The van der Waals surface area contributed by atoms with E-state index >= 15 is 0 Å². The fourth-order valence-electron chi connectivity index (χ4n) is 2.87. The number of nitrogens with zero attached hydrogens (tertiary/aromatic N) is 2. The fourth-order valence-corrected chi connectivity index (χ4v) is 3.12. The van der Waals surface area contributed by atoms with Gasteiger partial charge in [0.1, 0.15) is 11.6 Å². The molecule has 0 aliphatic carbocycles. The molecule has 2 N–H and O–H groups in total. The molecule has 8 heteroatoms. The maximum absolute atomic E-state index is 14.4. The Hall–Kier alpha value is -2.84. The summed E-state index contributed by atoms with van der Waals surface area (Å²) >= 11 is 3.45. The SMILES string of the molecule is CCc1nc2cc(F)c(/C=C/C(=O)NO)cc2c(=O)n1-c1ccc(Br)c(C)c1. The molecule has 1 aromatic heterocycles. The van der Waals surface area contributed by atoms with E-state index in [1.807, 2.05) is 26.0 Å². The summed E-state index contributed by atoms with van der Waals surface area (Å²) in [4.78, 5) is 28.8. The number of halogens is 2. The second kappa shape index (κ2) is 8.04. The molecule has 1 amide bonds. The number of hydrogen-bond donors (Lipinski definition) is 2. The van der Waals surface area contributed by atoms with E-state index in [4.69, 9.17) is 5.21 Å². The topological polar surface area (TPSA) is 84.2 Å². The largest absolute Gasteiger partial charge is 0.288 e. The molecule has 28 heavy (non-hydrogen) atoms. The molecule has 1 heterocycles. The summed E-state index contributed by atoms with van der Waals surface area (Å²) in [7, 11) is 0. The molecular formula is C20H17BrFN3O3. The van der Waals surface area contributed by atoms with Crippen molar-refractivity contribution in [3.05, 3.63) is 74.0 Å². The standard InChI is InChI=1S/C20H17BrFN3O3/c1-3-18-23-17-10-16(22)12(4-7-19(26)24-28)9-14(17)20(27)25(18)13-5-6-15(21)11(2)8-13/h4-10,28H,3H2,1-2H3,(H,24,26)/b7-4+. The van der Waals surface area contributed by atoms with Crippen molar-refractivity contribution in [2.75, 3.05) is 0 Å². The molecule has 3 rings (SSSR count). The number of benzene rings is 2. The van der Waals surface area contributed by atoms with Gasteiger partial charge in [-0.3, -0.25) is 19.4 Å². The predicted octanol–water partition coefficient (Wildman–Crippen LogP) is 3.68. The molecule has 6 nitrogen and oxygen atoms in total. The van der Waals surface area contributed by atoms with Crippen LogP contribution in [0.4, 0.5) is 4.39 Å². The quantitative estimate of drug-likeness (QED) is 0.364. The van der Waals surface area contributed by atoms with Crippen molar-refractivity contribution >= 4 is 38.8 Å². The zero-order valence-electron chi connectivity index (χ0n) is 15.2. The molecule has 0 aliphatic rings. The van der Waals surface area contributed by atoms with Crippen LogP contribution in [0, 0.1) is 12.7 Å². The predicted molar refractivity (Wildman–Crippen MR) is 108 cm³/mol. The highest BCUT2D eigenvalue weighted by molar-refractivity contribution is 9.10. The van der Waals surface area contributed by atoms with Gasteiger partial charge in [-0.1, -0.05) is 22.9 Å². The van der Waals surface area contributed by atoms with E-state index in [0.29, 0.717) is 17.9 Å². The van der Waals surface area contributed by atoms with Crippen molar-refractivity contribution in [3.63, 3.8) is 0 Å². The minimum absolute atomic E-state index is 0.0396. The van der Waals surface area contributed by atoms with Gasteiger partial charge in [-0.15, -0.1) is 0 Å². The Labute approximate surface area is 168 Å². The van der Waals surface area contributed by atoms with Crippen molar-refractivity contribution in [2.24, 2.45) is 0 Å². The third kappa shape index (κ3) is 3.74. The van der Waals surface area contributed by atoms with Crippen LogP contribution in [0.15, 0.2) is 45.7 Å². The van der Waals surface area contributed by atoms with Crippen molar-refractivity contribution < 1.29 is 14.4 Å². The highest BCUT2D eigenvalue weighted by Crippen LogP contribution is 2.22. The van der Waals surface area contributed by atoms with E-state index in [1.165, 1.54) is 28.3 Å². The lowest BCUT2D eigenvalue weighted by molar-refractivity contribution is -0.124. The monoisotopic (exact) mass is 445 g/mol. The van der Waals surface area contributed by atoms with Gasteiger partial charge < -0.3 is 0 Å². The highest BCUT2D eigenvalue weighted by atomic mass is 79.9. The Kier molecular flexibility index (Phi) is 5.71. The van der Waals surface area contributed by atoms with E-state index in [1.54, 1.807) is 6.07 Å². The van der Waals surface area contributed by atoms with Crippen LogP contribution < -0.4 is 11.0 Å². The Bertz CT molecular complexity index is 1170. The van der Waals surface area contributed by atoms with Gasteiger partial charge in [0, 0.05) is 28.6 Å². The first-order valence-electron chi connectivity index (χ1n) is 8.49. The first-order chi connectivity index (χ1) is 13.3. The highest BCUT2D eigenvalue weighted by Gasteiger charge is 2.14. The lowest BCUT2D eigenvalue weighted by atomic mass is 10.1. The minimum atomic E-state index is -0.804. The van der Waals surface area contributed by atoms with Crippen LogP contribution in [0.1, 0.15) is 23.9 Å². The number of rotatable bonds is 4. The average Bonchev–Trinajstić information content (AvgIpc) is 2.68. The Morgan fingerprint density at radius 3 is 2.75 bits per heavy atom. The van der Waals surface area contributed by atoms with Crippen LogP contribution >= 0.6 is 15.9 Å². The molecule has 0 radical (unpaired) electrons. The van der Waals surface area contributed by atoms with E-state index in [9.17, 15) is 14.0 Å². The molecule has 0 aliphatic heterocycles. The van der Waals surface area contributed by atoms with Gasteiger partial charge in [0.2, 0.25) is 0 Å². The van der Waals surface area contributed by atoms with E-state index in [0.717, 1.165) is 16.1 Å². The first kappa shape index (κ1) is 19.9. The zero-order valence-corrected chi connectivity index (χ0v) is 16.7. The Morgan fingerprint density at radius 2 is 2.11 bits per heavy atom. The molecular weight excluding hydrogens is 429 g/mol. The number of carbonyl (C=O) groups is 1. The summed E-state index contributed by atoms with van der Waals surface area (Å²) in [5.41, 5.74) is 3.01. The molecule has 0 spiro atoms. The maximum Gasteiger partial charge on any atom is 0.267 e. The zero-order chi connectivity index (χ0) is 20.4. The number of aryl methyl sites for hydroxylation is 2. The first-order valence-corrected chi connectivity index (χ1v) is 9.28. The van der Waals surface area contributed by atoms with Crippen LogP contribution in [-0.4, -0.2) is 20.7 Å². The summed E-state index contributed by atoms with van der Waals surface area (Å²) in [5.74, 6) is -0.913. The summed E-state index contributed by atoms with van der Waals surface area (Å²) in [6.07, 6.45) is 2.64. The molecule has 0 atom stereocenters.